The second kappa shape index (κ2) is 8.57. The summed E-state index contributed by atoms with van der Waals surface area (Å²) in [5, 5.41) is 7.65. The number of esters is 1. The van der Waals surface area contributed by atoms with Gasteiger partial charge in [0.15, 0.2) is 17.4 Å². The first kappa shape index (κ1) is 20.7. The molecule has 3 aromatic rings. The molecule has 0 radical (unpaired) electrons. The van der Waals surface area contributed by atoms with Gasteiger partial charge in [0.05, 0.1) is 22.8 Å². The quantitative estimate of drug-likeness (QED) is 0.483. The molecule has 9 heteroatoms. The van der Waals surface area contributed by atoms with Crippen molar-refractivity contribution in [2.24, 2.45) is 0 Å². The van der Waals surface area contributed by atoms with Crippen LogP contribution in [-0.4, -0.2) is 38.2 Å². The topological polar surface area (TPSA) is 99.0 Å². The number of hydrogen-bond acceptors (Lipinski definition) is 6. The van der Waals surface area contributed by atoms with Crippen molar-refractivity contribution in [2.75, 3.05) is 11.9 Å². The van der Waals surface area contributed by atoms with E-state index in [1.807, 2.05) is 27.7 Å². The minimum Gasteiger partial charge on any atom is -0.452 e. The molecule has 1 amide bonds. The van der Waals surface area contributed by atoms with E-state index >= 15 is 0 Å². The first-order chi connectivity index (χ1) is 13.8. The van der Waals surface area contributed by atoms with E-state index in [9.17, 15) is 9.59 Å². The zero-order valence-corrected chi connectivity index (χ0v) is 17.4. The number of ether oxygens (including phenoxy) is 1. The Morgan fingerprint density at radius 3 is 2.69 bits per heavy atom. The first-order valence-electron chi connectivity index (χ1n) is 9.23. The minimum atomic E-state index is -0.616. The second-order valence-corrected chi connectivity index (χ2v) is 7.49. The Morgan fingerprint density at radius 1 is 1.28 bits per heavy atom. The van der Waals surface area contributed by atoms with Crippen molar-refractivity contribution in [2.45, 2.75) is 39.7 Å². The normalized spacial score (nSPS) is 11.3. The third kappa shape index (κ3) is 4.54. The molecule has 29 heavy (non-hydrogen) atoms. The van der Waals surface area contributed by atoms with E-state index in [0.29, 0.717) is 22.3 Å². The zero-order chi connectivity index (χ0) is 21.1. The smallest absolute Gasteiger partial charge is 0.339 e. The van der Waals surface area contributed by atoms with E-state index < -0.39 is 18.5 Å². The van der Waals surface area contributed by atoms with Crippen LogP contribution in [0.1, 0.15) is 55.7 Å². The highest BCUT2D eigenvalue weighted by molar-refractivity contribution is 6.32. The zero-order valence-electron chi connectivity index (χ0n) is 16.6. The highest BCUT2D eigenvalue weighted by atomic mass is 35.5. The molecule has 3 heterocycles. The fourth-order valence-electron chi connectivity index (χ4n) is 2.75. The van der Waals surface area contributed by atoms with Crippen LogP contribution in [-0.2, 0) is 9.53 Å². The van der Waals surface area contributed by atoms with Crippen LogP contribution in [0, 0.1) is 0 Å². The highest BCUT2D eigenvalue weighted by Gasteiger charge is 2.20. The van der Waals surface area contributed by atoms with Crippen molar-refractivity contribution in [3.63, 3.8) is 0 Å². The summed E-state index contributed by atoms with van der Waals surface area (Å²) in [7, 11) is 0. The maximum Gasteiger partial charge on any atom is 0.339 e. The lowest BCUT2D eigenvalue weighted by molar-refractivity contribution is -0.119. The molecule has 0 atom stereocenters. The lowest BCUT2D eigenvalue weighted by Gasteiger charge is -2.12. The van der Waals surface area contributed by atoms with E-state index in [2.05, 4.69) is 20.4 Å². The molecule has 1 N–H and O–H groups in total. The molecule has 0 spiro atoms. The van der Waals surface area contributed by atoms with E-state index in [1.165, 1.54) is 6.20 Å². The lowest BCUT2D eigenvalue weighted by atomic mass is 10.1. The molecule has 0 bridgehead atoms. The number of rotatable bonds is 6. The van der Waals surface area contributed by atoms with Crippen molar-refractivity contribution < 1.29 is 14.3 Å². The molecular weight excluding hydrogens is 394 g/mol. The Balaban J connectivity index is 1.81. The van der Waals surface area contributed by atoms with Crippen molar-refractivity contribution in [1.82, 2.24) is 19.7 Å². The van der Waals surface area contributed by atoms with Gasteiger partial charge in [0.1, 0.15) is 0 Å². The van der Waals surface area contributed by atoms with Gasteiger partial charge in [-0.3, -0.25) is 4.79 Å². The molecule has 0 saturated carbocycles. The van der Waals surface area contributed by atoms with Gasteiger partial charge >= 0.3 is 5.97 Å². The minimum absolute atomic E-state index is 0.0845. The number of carbonyl (C=O) groups is 2. The van der Waals surface area contributed by atoms with Crippen molar-refractivity contribution in [3.05, 3.63) is 47.0 Å². The van der Waals surface area contributed by atoms with Gasteiger partial charge in [0.2, 0.25) is 0 Å². The predicted molar refractivity (Wildman–Crippen MR) is 110 cm³/mol. The SMILES string of the molecule is CC(C)c1cc(C(=O)OCC(=O)Nc2cccnc2Cl)c2cnn(C(C)C)c2n1. The van der Waals surface area contributed by atoms with Crippen LogP contribution in [0.25, 0.3) is 11.0 Å². The molecule has 3 aromatic heterocycles. The Kier molecular flexibility index (Phi) is 6.12. The summed E-state index contributed by atoms with van der Waals surface area (Å²) < 4.78 is 6.99. The van der Waals surface area contributed by atoms with E-state index in [4.69, 9.17) is 16.3 Å². The average molecular weight is 416 g/mol. The number of carbonyl (C=O) groups excluding carboxylic acids is 2. The van der Waals surface area contributed by atoms with Crippen LogP contribution in [0.15, 0.2) is 30.6 Å². The average Bonchev–Trinajstić information content (AvgIpc) is 3.11. The Labute approximate surface area is 173 Å². The monoisotopic (exact) mass is 415 g/mol. The number of hydrogen-bond donors (Lipinski definition) is 1. The molecule has 0 aliphatic carbocycles. The number of anilines is 1. The first-order valence-corrected chi connectivity index (χ1v) is 9.61. The van der Waals surface area contributed by atoms with Crippen LogP contribution in [0.2, 0.25) is 5.15 Å². The van der Waals surface area contributed by atoms with Gasteiger partial charge < -0.3 is 10.1 Å². The van der Waals surface area contributed by atoms with Crippen molar-refractivity contribution in [3.8, 4) is 0 Å². The number of fused-ring (bicyclic) bond motifs is 1. The van der Waals surface area contributed by atoms with Gasteiger partial charge in [-0.1, -0.05) is 25.4 Å². The summed E-state index contributed by atoms with van der Waals surface area (Å²) in [6.07, 6.45) is 3.11. The summed E-state index contributed by atoms with van der Waals surface area (Å²) in [5.41, 5.74) is 2.04. The molecule has 0 aliphatic heterocycles. The molecule has 152 valence electrons. The Morgan fingerprint density at radius 2 is 2.03 bits per heavy atom. The third-order valence-electron chi connectivity index (χ3n) is 4.25. The largest absolute Gasteiger partial charge is 0.452 e. The standard InChI is InChI=1S/C20H22ClN5O3/c1-11(2)16-8-13(14-9-23-26(12(3)4)19(14)25-16)20(28)29-10-17(27)24-15-6-5-7-22-18(15)21/h5-9,11-12H,10H2,1-4H3,(H,24,27). The molecule has 0 aromatic carbocycles. The van der Waals surface area contributed by atoms with Crippen LogP contribution in [0.5, 0.6) is 0 Å². The molecule has 0 fully saturated rings. The van der Waals surface area contributed by atoms with E-state index in [1.54, 1.807) is 29.1 Å². The number of halogens is 1. The third-order valence-corrected chi connectivity index (χ3v) is 4.56. The lowest BCUT2D eigenvalue weighted by Crippen LogP contribution is -2.21. The molecule has 3 rings (SSSR count). The van der Waals surface area contributed by atoms with Gasteiger partial charge in [-0.15, -0.1) is 0 Å². The second-order valence-electron chi connectivity index (χ2n) is 7.14. The molecule has 0 saturated heterocycles. The van der Waals surface area contributed by atoms with Crippen LogP contribution >= 0.6 is 11.6 Å². The van der Waals surface area contributed by atoms with Crippen molar-refractivity contribution >= 4 is 40.2 Å². The maximum absolute atomic E-state index is 12.7. The van der Waals surface area contributed by atoms with Gasteiger partial charge in [-0.2, -0.15) is 5.10 Å². The summed E-state index contributed by atoms with van der Waals surface area (Å²) in [4.78, 5) is 33.4. The summed E-state index contributed by atoms with van der Waals surface area (Å²) in [6.45, 7) is 7.50. The Bertz CT molecular complexity index is 1060. The van der Waals surface area contributed by atoms with E-state index in [0.717, 1.165) is 5.69 Å². The fraction of sp³-hybridized carbons (Fsp3) is 0.350. The van der Waals surface area contributed by atoms with Gasteiger partial charge in [-0.25, -0.2) is 19.4 Å². The summed E-state index contributed by atoms with van der Waals surface area (Å²) in [5.74, 6) is -1.02. The number of pyridine rings is 2. The highest BCUT2D eigenvalue weighted by Crippen LogP contribution is 2.25. The van der Waals surface area contributed by atoms with E-state index in [-0.39, 0.29) is 17.1 Å². The van der Waals surface area contributed by atoms with Crippen LogP contribution < -0.4 is 5.32 Å². The summed E-state index contributed by atoms with van der Waals surface area (Å²) >= 11 is 5.92. The number of nitrogens with zero attached hydrogens (tertiary/aromatic N) is 4. The molecule has 8 nitrogen and oxygen atoms in total. The maximum atomic E-state index is 12.7. The molecule has 0 unspecified atom stereocenters. The molecule has 0 aliphatic rings. The van der Waals surface area contributed by atoms with Crippen LogP contribution in [0.4, 0.5) is 5.69 Å². The fourth-order valence-corrected chi connectivity index (χ4v) is 2.92. The number of aromatic nitrogens is 4. The summed E-state index contributed by atoms with van der Waals surface area (Å²) in [6, 6.07) is 5.02. The van der Waals surface area contributed by atoms with Crippen molar-refractivity contribution in [1.29, 1.82) is 0 Å². The predicted octanol–water partition coefficient (Wildman–Crippen LogP) is 3.98. The number of amides is 1. The van der Waals surface area contributed by atoms with Gasteiger partial charge in [0.25, 0.3) is 5.91 Å². The Hall–Kier alpha value is -3.00. The molecular formula is C20H22ClN5O3. The van der Waals surface area contributed by atoms with Gasteiger partial charge in [-0.05, 0) is 38.0 Å². The number of nitrogens with one attached hydrogen (secondary N) is 1. The van der Waals surface area contributed by atoms with Gasteiger partial charge in [0, 0.05) is 17.9 Å². The van der Waals surface area contributed by atoms with Crippen LogP contribution in [0.3, 0.4) is 0 Å².